The topological polar surface area (TPSA) is 74.0 Å². The van der Waals surface area contributed by atoms with Crippen LogP contribution in [0.15, 0.2) is 47.0 Å². The van der Waals surface area contributed by atoms with Crippen LogP contribution in [0.2, 0.25) is 0 Å². The number of carbonyl (C=O) groups is 1. The molecule has 0 aliphatic rings. The molecule has 2 aromatic carbocycles. The van der Waals surface area contributed by atoms with Crippen LogP contribution in [-0.4, -0.2) is 37.2 Å². The Bertz CT molecular complexity index is 1030. The molecule has 158 valence electrons. The molecule has 7 heteroatoms. The van der Waals surface area contributed by atoms with Gasteiger partial charge in [-0.2, -0.15) is 0 Å². The second-order valence-electron chi connectivity index (χ2n) is 7.06. The summed E-state index contributed by atoms with van der Waals surface area (Å²) in [5.74, 6) is 2.23. The molecule has 1 heterocycles. The van der Waals surface area contributed by atoms with Crippen LogP contribution < -0.4 is 14.2 Å². The van der Waals surface area contributed by atoms with E-state index in [2.05, 4.69) is 5.16 Å². The average molecular weight is 410 g/mol. The third-order valence-electron chi connectivity index (χ3n) is 4.85. The number of methoxy groups -OCH3 is 2. The molecular weight excluding hydrogens is 384 g/mol. The molecule has 0 N–H and O–H groups in total. The van der Waals surface area contributed by atoms with Crippen LogP contribution in [-0.2, 0) is 13.2 Å². The van der Waals surface area contributed by atoms with E-state index < -0.39 is 0 Å². The number of ether oxygens (including phenoxy) is 3. The molecule has 0 spiro atoms. The van der Waals surface area contributed by atoms with Gasteiger partial charge in [0.25, 0.3) is 5.91 Å². The summed E-state index contributed by atoms with van der Waals surface area (Å²) in [5.41, 5.74) is 3.49. The Morgan fingerprint density at radius 2 is 1.77 bits per heavy atom. The fourth-order valence-electron chi connectivity index (χ4n) is 2.96. The standard InChI is InChI=1S/C23H26N2O5/c1-15-6-8-18(10-16(15)2)29-14-19-12-20(24-30-19)23(26)25(3)13-17-7-9-21(27-4)22(11-17)28-5/h6-12H,13-14H2,1-5H3. The van der Waals surface area contributed by atoms with Crippen LogP contribution in [0.25, 0.3) is 0 Å². The van der Waals surface area contributed by atoms with Crippen LogP contribution in [0.4, 0.5) is 0 Å². The molecule has 1 amide bonds. The fraction of sp³-hybridized carbons (Fsp3) is 0.304. The summed E-state index contributed by atoms with van der Waals surface area (Å²) in [7, 11) is 4.87. The van der Waals surface area contributed by atoms with Crippen molar-refractivity contribution in [3.8, 4) is 17.2 Å². The maximum atomic E-state index is 12.7. The van der Waals surface area contributed by atoms with E-state index in [0.29, 0.717) is 23.8 Å². The van der Waals surface area contributed by atoms with Crippen molar-refractivity contribution in [3.05, 3.63) is 70.6 Å². The van der Waals surface area contributed by atoms with Crippen molar-refractivity contribution in [2.75, 3.05) is 21.3 Å². The molecule has 7 nitrogen and oxygen atoms in total. The van der Waals surface area contributed by atoms with Crippen molar-refractivity contribution >= 4 is 5.91 Å². The Kier molecular flexibility index (Phi) is 6.61. The molecule has 0 unspecified atom stereocenters. The molecule has 1 aromatic heterocycles. The minimum Gasteiger partial charge on any atom is -0.493 e. The smallest absolute Gasteiger partial charge is 0.276 e. The average Bonchev–Trinajstić information content (AvgIpc) is 3.22. The van der Waals surface area contributed by atoms with E-state index in [1.54, 1.807) is 32.2 Å². The lowest BCUT2D eigenvalue weighted by molar-refractivity contribution is 0.0774. The molecule has 0 aliphatic heterocycles. The van der Waals surface area contributed by atoms with Crippen molar-refractivity contribution < 1.29 is 23.5 Å². The van der Waals surface area contributed by atoms with E-state index >= 15 is 0 Å². The van der Waals surface area contributed by atoms with E-state index in [1.165, 1.54) is 5.56 Å². The van der Waals surface area contributed by atoms with Gasteiger partial charge in [-0.25, -0.2) is 0 Å². The first-order valence-corrected chi connectivity index (χ1v) is 9.53. The van der Waals surface area contributed by atoms with Crippen LogP contribution in [0.5, 0.6) is 17.2 Å². The summed E-state index contributed by atoms with van der Waals surface area (Å²) >= 11 is 0. The summed E-state index contributed by atoms with van der Waals surface area (Å²) in [5, 5.41) is 3.89. The van der Waals surface area contributed by atoms with Gasteiger partial charge in [0.15, 0.2) is 23.0 Å². The largest absolute Gasteiger partial charge is 0.493 e. The molecule has 0 atom stereocenters. The second kappa shape index (κ2) is 9.35. The van der Waals surface area contributed by atoms with Gasteiger partial charge < -0.3 is 23.6 Å². The van der Waals surface area contributed by atoms with Crippen molar-refractivity contribution in [2.24, 2.45) is 0 Å². The number of hydrogen-bond acceptors (Lipinski definition) is 6. The first kappa shape index (κ1) is 21.2. The zero-order valence-electron chi connectivity index (χ0n) is 17.9. The van der Waals surface area contributed by atoms with Crippen LogP contribution >= 0.6 is 0 Å². The van der Waals surface area contributed by atoms with E-state index in [1.807, 2.05) is 50.2 Å². The van der Waals surface area contributed by atoms with Crippen molar-refractivity contribution in [1.82, 2.24) is 10.1 Å². The molecule has 0 saturated heterocycles. The summed E-state index contributed by atoms with van der Waals surface area (Å²) < 4.78 is 21.6. The Morgan fingerprint density at radius 1 is 1.00 bits per heavy atom. The third kappa shape index (κ3) is 4.92. The highest BCUT2D eigenvalue weighted by atomic mass is 16.5. The first-order chi connectivity index (χ1) is 14.4. The SMILES string of the molecule is COc1ccc(CN(C)C(=O)c2cc(COc3ccc(C)c(C)c3)on2)cc1OC. The Balaban J connectivity index is 1.61. The highest BCUT2D eigenvalue weighted by Crippen LogP contribution is 2.28. The predicted molar refractivity (Wildman–Crippen MR) is 112 cm³/mol. The lowest BCUT2D eigenvalue weighted by atomic mass is 10.1. The van der Waals surface area contributed by atoms with Gasteiger partial charge in [0.05, 0.1) is 14.2 Å². The normalized spacial score (nSPS) is 10.6. The van der Waals surface area contributed by atoms with Crippen molar-refractivity contribution in [1.29, 1.82) is 0 Å². The van der Waals surface area contributed by atoms with Gasteiger partial charge >= 0.3 is 0 Å². The van der Waals surface area contributed by atoms with Gasteiger partial charge in [-0.1, -0.05) is 17.3 Å². The van der Waals surface area contributed by atoms with Crippen LogP contribution in [0, 0.1) is 13.8 Å². The Labute approximate surface area is 176 Å². The highest BCUT2D eigenvalue weighted by Gasteiger charge is 2.18. The number of rotatable bonds is 8. The maximum absolute atomic E-state index is 12.7. The first-order valence-electron chi connectivity index (χ1n) is 9.53. The predicted octanol–water partition coefficient (Wildman–Crippen LogP) is 4.16. The molecule has 30 heavy (non-hydrogen) atoms. The number of amides is 1. The Morgan fingerprint density at radius 3 is 2.47 bits per heavy atom. The van der Waals surface area contributed by atoms with Crippen LogP contribution in [0.1, 0.15) is 32.9 Å². The zero-order valence-corrected chi connectivity index (χ0v) is 17.9. The van der Waals surface area contributed by atoms with E-state index in [0.717, 1.165) is 16.9 Å². The molecule has 0 saturated carbocycles. The van der Waals surface area contributed by atoms with E-state index in [9.17, 15) is 4.79 Å². The number of benzene rings is 2. The molecule has 0 radical (unpaired) electrons. The van der Waals surface area contributed by atoms with Crippen LogP contribution in [0.3, 0.4) is 0 Å². The molecule has 0 bridgehead atoms. The van der Waals surface area contributed by atoms with Gasteiger partial charge in [0.1, 0.15) is 12.4 Å². The van der Waals surface area contributed by atoms with Gasteiger partial charge in [-0.05, 0) is 54.8 Å². The maximum Gasteiger partial charge on any atom is 0.276 e. The number of carbonyl (C=O) groups excluding carboxylic acids is 1. The monoisotopic (exact) mass is 410 g/mol. The summed E-state index contributed by atoms with van der Waals surface area (Å²) in [4.78, 5) is 14.3. The number of aryl methyl sites for hydroxylation is 2. The lowest BCUT2D eigenvalue weighted by Gasteiger charge is -2.17. The molecule has 3 rings (SSSR count). The Hall–Kier alpha value is -3.48. The quantitative estimate of drug-likeness (QED) is 0.555. The highest BCUT2D eigenvalue weighted by molar-refractivity contribution is 5.92. The summed E-state index contributed by atoms with van der Waals surface area (Å²) in [6, 6.07) is 13.0. The van der Waals surface area contributed by atoms with E-state index in [4.69, 9.17) is 18.7 Å². The number of nitrogens with zero attached hydrogens (tertiary/aromatic N) is 2. The summed E-state index contributed by atoms with van der Waals surface area (Å²) in [6.45, 7) is 4.66. The molecule has 0 fully saturated rings. The lowest BCUT2D eigenvalue weighted by Crippen LogP contribution is -2.26. The zero-order chi connectivity index (χ0) is 21.7. The summed E-state index contributed by atoms with van der Waals surface area (Å²) in [6.07, 6.45) is 0. The number of hydrogen-bond donors (Lipinski definition) is 0. The van der Waals surface area contributed by atoms with Gasteiger partial charge in [0.2, 0.25) is 0 Å². The molecule has 0 aliphatic carbocycles. The second-order valence-corrected chi connectivity index (χ2v) is 7.06. The van der Waals surface area contributed by atoms with Gasteiger partial charge in [-0.3, -0.25) is 4.79 Å². The minimum absolute atomic E-state index is 0.197. The van der Waals surface area contributed by atoms with Gasteiger partial charge in [0, 0.05) is 19.7 Å². The fourth-order valence-corrected chi connectivity index (χ4v) is 2.96. The van der Waals surface area contributed by atoms with E-state index in [-0.39, 0.29) is 18.2 Å². The molecule has 3 aromatic rings. The van der Waals surface area contributed by atoms with Gasteiger partial charge in [-0.15, -0.1) is 0 Å². The minimum atomic E-state index is -0.244. The number of aromatic nitrogens is 1. The van der Waals surface area contributed by atoms with Crippen molar-refractivity contribution in [2.45, 2.75) is 27.0 Å². The third-order valence-corrected chi connectivity index (χ3v) is 4.85. The van der Waals surface area contributed by atoms with Crippen molar-refractivity contribution in [3.63, 3.8) is 0 Å². The molecular formula is C23H26N2O5.